The number of amides is 1. The van der Waals surface area contributed by atoms with E-state index in [-0.39, 0.29) is 11.3 Å². The van der Waals surface area contributed by atoms with Crippen molar-refractivity contribution in [2.24, 2.45) is 0 Å². The Bertz CT molecular complexity index is 922. The van der Waals surface area contributed by atoms with E-state index in [0.29, 0.717) is 16.1 Å². The molecular formula is C18H15N3O5S. The highest BCUT2D eigenvalue weighted by atomic mass is 32.2. The molecule has 2 aromatic carbocycles. The van der Waals surface area contributed by atoms with Gasteiger partial charge in [0.15, 0.2) is 6.10 Å². The van der Waals surface area contributed by atoms with Crippen LogP contribution in [0.15, 0.2) is 47.4 Å². The number of hydrogen-bond donors (Lipinski definition) is 1. The first-order valence-corrected chi connectivity index (χ1v) is 8.92. The zero-order valence-electron chi connectivity index (χ0n) is 14.5. The number of nitro benzene ring substituents is 1. The molecule has 0 aliphatic heterocycles. The van der Waals surface area contributed by atoms with Gasteiger partial charge in [-0.05, 0) is 49.6 Å². The molecule has 138 valence electrons. The van der Waals surface area contributed by atoms with Crippen molar-refractivity contribution in [2.75, 3.05) is 11.6 Å². The van der Waals surface area contributed by atoms with Crippen LogP contribution >= 0.6 is 11.8 Å². The number of anilines is 1. The monoisotopic (exact) mass is 385 g/mol. The largest absolute Gasteiger partial charge is 0.449 e. The molecule has 1 N–H and O–H groups in total. The Labute approximate surface area is 159 Å². The number of nitro groups is 1. The van der Waals surface area contributed by atoms with Crippen LogP contribution in [0.5, 0.6) is 0 Å². The van der Waals surface area contributed by atoms with Crippen LogP contribution in [-0.4, -0.2) is 29.2 Å². The van der Waals surface area contributed by atoms with Crippen molar-refractivity contribution in [2.45, 2.75) is 17.9 Å². The summed E-state index contributed by atoms with van der Waals surface area (Å²) in [6.07, 6.45) is 0.572. The van der Waals surface area contributed by atoms with Gasteiger partial charge in [-0.1, -0.05) is 0 Å². The van der Waals surface area contributed by atoms with Crippen molar-refractivity contribution in [1.29, 1.82) is 5.26 Å². The van der Waals surface area contributed by atoms with Gasteiger partial charge in [0, 0.05) is 11.8 Å². The molecule has 0 fully saturated rings. The van der Waals surface area contributed by atoms with Crippen LogP contribution in [0.25, 0.3) is 0 Å². The summed E-state index contributed by atoms with van der Waals surface area (Å²) in [7, 11) is 0. The number of nitrogens with zero attached hydrogens (tertiary/aromatic N) is 2. The number of esters is 1. The second kappa shape index (κ2) is 8.82. The molecule has 27 heavy (non-hydrogen) atoms. The fourth-order valence-electron chi connectivity index (χ4n) is 2.11. The minimum atomic E-state index is -1.12. The summed E-state index contributed by atoms with van der Waals surface area (Å²) in [6.45, 7) is 1.39. The Kier molecular flexibility index (Phi) is 6.51. The molecule has 2 rings (SSSR count). The first kappa shape index (κ1) is 19.9. The first-order chi connectivity index (χ1) is 12.8. The van der Waals surface area contributed by atoms with Crippen molar-refractivity contribution in [1.82, 2.24) is 0 Å². The van der Waals surface area contributed by atoms with E-state index in [1.807, 2.05) is 6.07 Å². The quantitative estimate of drug-likeness (QED) is 0.350. The maximum atomic E-state index is 12.2. The predicted molar refractivity (Wildman–Crippen MR) is 99.5 cm³/mol. The average Bonchev–Trinajstić information content (AvgIpc) is 2.67. The molecule has 0 radical (unpaired) electrons. The van der Waals surface area contributed by atoms with Crippen LogP contribution < -0.4 is 5.32 Å². The lowest BCUT2D eigenvalue weighted by Gasteiger charge is -2.14. The number of benzene rings is 2. The summed E-state index contributed by atoms with van der Waals surface area (Å²) >= 11 is 1.19. The van der Waals surface area contributed by atoms with E-state index in [9.17, 15) is 19.7 Å². The lowest BCUT2D eigenvalue weighted by molar-refractivity contribution is -0.387. The van der Waals surface area contributed by atoms with E-state index in [1.165, 1.54) is 30.8 Å². The number of carbonyl (C=O) groups is 2. The number of nitriles is 1. The number of ether oxygens (including phenoxy) is 1. The van der Waals surface area contributed by atoms with E-state index < -0.39 is 22.9 Å². The third-order valence-electron chi connectivity index (χ3n) is 3.55. The summed E-state index contributed by atoms with van der Waals surface area (Å²) in [6, 6.07) is 12.1. The molecule has 0 aliphatic carbocycles. The fourth-order valence-corrected chi connectivity index (χ4v) is 2.66. The van der Waals surface area contributed by atoms with Gasteiger partial charge in [0.2, 0.25) is 0 Å². The molecule has 9 heteroatoms. The fraction of sp³-hybridized carbons (Fsp3) is 0.167. The second-order valence-corrected chi connectivity index (χ2v) is 6.22. The number of carbonyl (C=O) groups excluding carboxylic acids is 2. The zero-order valence-corrected chi connectivity index (χ0v) is 15.3. The SMILES string of the molecule is CSc1ccc(C(=O)O[C@@H](C)C(=O)Nc2ccc(C#N)cc2)cc1[N+](=O)[O-]. The molecule has 0 aliphatic rings. The van der Waals surface area contributed by atoms with Gasteiger partial charge in [-0.2, -0.15) is 5.26 Å². The van der Waals surface area contributed by atoms with Crippen LogP contribution in [0.4, 0.5) is 11.4 Å². The van der Waals surface area contributed by atoms with Gasteiger partial charge >= 0.3 is 5.97 Å². The maximum absolute atomic E-state index is 12.2. The average molecular weight is 385 g/mol. The van der Waals surface area contributed by atoms with Crippen molar-refractivity contribution < 1.29 is 19.2 Å². The molecule has 2 aromatic rings. The molecule has 0 aromatic heterocycles. The molecule has 1 atom stereocenters. The molecule has 1 amide bonds. The molecule has 0 saturated heterocycles. The minimum Gasteiger partial charge on any atom is -0.449 e. The lowest BCUT2D eigenvalue weighted by atomic mass is 10.2. The number of nitrogens with one attached hydrogen (secondary N) is 1. The Morgan fingerprint density at radius 3 is 2.48 bits per heavy atom. The first-order valence-electron chi connectivity index (χ1n) is 7.70. The zero-order chi connectivity index (χ0) is 20.0. The number of hydrogen-bond acceptors (Lipinski definition) is 7. The molecular weight excluding hydrogens is 370 g/mol. The van der Waals surface area contributed by atoms with E-state index in [1.54, 1.807) is 30.5 Å². The molecule has 0 heterocycles. The normalized spacial score (nSPS) is 11.1. The summed E-state index contributed by atoms with van der Waals surface area (Å²) in [5.74, 6) is -1.41. The summed E-state index contributed by atoms with van der Waals surface area (Å²) in [5.41, 5.74) is 0.675. The van der Waals surface area contributed by atoms with E-state index in [2.05, 4.69) is 5.32 Å². The Hall–Kier alpha value is -3.38. The second-order valence-electron chi connectivity index (χ2n) is 5.37. The standard InChI is InChI=1S/C18H15N3O5S/c1-11(17(22)20-14-6-3-12(10-19)4-7-14)26-18(23)13-5-8-16(27-2)15(9-13)21(24)25/h3-9,11H,1-2H3,(H,20,22)/t11-/m0/s1. The highest BCUT2D eigenvalue weighted by molar-refractivity contribution is 7.98. The highest BCUT2D eigenvalue weighted by Gasteiger charge is 2.22. The predicted octanol–water partition coefficient (Wildman–Crippen LogP) is 3.37. The summed E-state index contributed by atoms with van der Waals surface area (Å²) < 4.78 is 5.09. The Morgan fingerprint density at radius 1 is 1.26 bits per heavy atom. The molecule has 0 saturated carbocycles. The topological polar surface area (TPSA) is 122 Å². The number of thioether (sulfide) groups is 1. The Balaban J connectivity index is 2.05. The van der Waals surface area contributed by atoms with Gasteiger partial charge in [0.25, 0.3) is 11.6 Å². The smallest absolute Gasteiger partial charge is 0.339 e. The van der Waals surface area contributed by atoms with Crippen LogP contribution in [0.2, 0.25) is 0 Å². The van der Waals surface area contributed by atoms with Gasteiger partial charge in [-0.25, -0.2) is 4.79 Å². The highest BCUT2D eigenvalue weighted by Crippen LogP contribution is 2.28. The molecule has 0 unspecified atom stereocenters. The third-order valence-corrected chi connectivity index (χ3v) is 4.33. The maximum Gasteiger partial charge on any atom is 0.339 e. The van der Waals surface area contributed by atoms with Gasteiger partial charge < -0.3 is 10.1 Å². The van der Waals surface area contributed by atoms with Crippen LogP contribution in [-0.2, 0) is 9.53 Å². The van der Waals surface area contributed by atoms with Crippen LogP contribution in [0, 0.1) is 21.4 Å². The van der Waals surface area contributed by atoms with Gasteiger partial charge in [0.05, 0.1) is 27.0 Å². The van der Waals surface area contributed by atoms with E-state index >= 15 is 0 Å². The number of rotatable bonds is 6. The van der Waals surface area contributed by atoms with Gasteiger partial charge in [0.1, 0.15) is 0 Å². The van der Waals surface area contributed by atoms with Gasteiger partial charge in [-0.3, -0.25) is 14.9 Å². The molecule has 8 nitrogen and oxygen atoms in total. The van der Waals surface area contributed by atoms with E-state index in [4.69, 9.17) is 10.00 Å². The van der Waals surface area contributed by atoms with Crippen LogP contribution in [0.1, 0.15) is 22.8 Å². The lowest BCUT2D eigenvalue weighted by Crippen LogP contribution is -2.30. The minimum absolute atomic E-state index is 0.0162. The van der Waals surface area contributed by atoms with E-state index in [0.717, 1.165) is 6.07 Å². The summed E-state index contributed by atoms with van der Waals surface area (Å²) in [4.78, 5) is 35.3. The van der Waals surface area contributed by atoms with Crippen molar-refractivity contribution in [3.05, 3.63) is 63.7 Å². The van der Waals surface area contributed by atoms with Crippen molar-refractivity contribution >= 4 is 35.0 Å². The molecule has 0 bridgehead atoms. The van der Waals surface area contributed by atoms with Crippen LogP contribution in [0.3, 0.4) is 0 Å². The summed E-state index contributed by atoms with van der Waals surface area (Å²) in [5, 5.41) is 22.4. The van der Waals surface area contributed by atoms with Crippen molar-refractivity contribution in [3.8, 4) is 6.07 Å². The molecule has 0 spiro atoms. The Morgan fingerprint density at radius 2 is 1.93 bits per heavy atom. The van der Waals surface area contributed by atoms with Gasteiger partial charge in [-0.15, -0.1) is 11.8 Å². The third kappa shape index (κ3) is 5.05. The van der Waals surface area contributed by atoms with Crippen molar-refractivity contribution in [3.63, 3.8) is 0 Å².